The van der Waals surface area contributed by atoms with Crippen LogP contribution in [0, 0.1) is 10.8 Å². The van der Waals surface area contributed by atoms with Crippen molar-refractivity contribution in [2.75, 3.05) is 13.1 Å². The molecule has 0 saturated heterocycles. The fraction of sp³-hybridized carbons (Fsp3) is 0.652. The lowest BCUT2D eigenvalue weighted by molar-refractivity contribution is -0.113. The molecule has 1 heterocycles. The molecule has 156 valence electrons. The molecule has 1 aliphatic rings. The number of hydrogen-bond acceptors (Lipinski definition) is 4. The molecule has 0 aromatic rings. The van der Waals surface area contributed by atoms with E-state index in [1.807, 2.05) is 33.8 Å². The lowest BCUT2D eigenvalue weighted by atomic mass is 9.84. The summed E-state index contributed by atoms with van der Waals surface area (Å²) in [6.07, 6.45) is 6.47. The Kier molecular flexibility index (Phi) is 14.7. The summed E-state index contributed by atoms with van der Waals surface area (Å²) < 4.78 is 0. The first-order valence-corrected chi connectivity index (χ1v) is 10.2. The van der Waals surface area contributed by atoms with Crippen LogP contribution in [0.4, 0.5) is 0 Å². The van der Waals surface area contributed by atoms with E-state index in [4.69, 9.17) is 11.1 Å². The fourth-order valence-corrected chi connectivity index (χ4v) is 2.44. The summed E-state index contributed by atoms with van der Waals surface area (Å²) >= 11 is 0. The third kappa shape index (κ3) is 10.3. The number of nitrogens with one attached hydrogen (secondary N) is 2. The molecule has 27 heavy (non-hydrogen) atoms. The Balaban J connectivity index is 0. The van der Waals surface area contributed by atoms with E-state index in [0.29, 0.717) is 5.71 Å². The monoisotopic (exact) mass is 377 g/mol. The molecule has 0 radical (unpaired) electrons. The number of hydrogen-bond donors (Lipinski definition) is 3. The van der Waals surface area contributed by atoms with E-state index in [1.165, 1.54) is 11.1 Å². The van der Waals surface area contributed by atoms with Gasteiger partial charge in [0.05, 0.1) is 0 Å². The van der Waals surface area contributed by atoms with Crippen molar-refractivity contribution in [2.45, 2.75) is 81.6 Å². The molecule has 0 aliphatic carbocycles. The van der Waals surface area contributed by atoms with Crippen LogP contribution in [0.1, 0.15) is 81.6 Å². The van der Waals surface area contributed by atoms with E-state index < -0.39 is 0 Å². The zero-order valence-electron chi connectivity index (χ0n) is 19.2. The second-order valence-electron chi connectivity index (χ2n) is 7.17. The summed E-state index contributed by atoms with van der Waals surface area (Å²) in [4.78, 5) is 11.3. The van der Waals surface area contributed by atoms with Crippen LogP contribution < -0.4 is 11.1 Å². The van der Waals surface area contributed by atoms with Gasteiger partial charge in [0, 0.05) is 28.9 Å². The Labute approximate surface area is 167 Å². The maximum atomic E-state index is 11.3. The van der Waals surface area contributed by atoms with Gasteiger partial charge in [-0.3, -0.25) is 4.79 Å². The molecule has 4 heteroatoms. The minimum absolute atomic E-state index is 0.0419. The Hall–Kier alpha value is -1.68. The van der Waals surface area contributed by atoms with Crippen LogP contribution in [0.15, 0.2) is 34.6 Å². The highest BCUT2D eigenvalue weighted by Crippen LogP contribution is 2.22. The van der Waals surface area contributed by atoms with E-state index >= 15 is 0 Å². The molecule has 0 amide bonds. The van der Waals surface area contributed by atoms with Gasteiger partial charge in [-0.15, -0.1) is 0 Å². The van der Waals surface area contributed by atoms with Gasteiger partial charge < -0.3 is 16.5 Å². The van der Waals surface area contributed by atoms with E-state index in [0.717, 1.165) is 43.6 Å². The van der Waals surface area contributed by atoms with Crippen molar-refractivity contribution in [3.8, 4) is 0 Å². The zero-order chi connectivity index (χ0) is 21.6. The predicted octanol–water partition coefficient (Wildman–Crippen LogP) is 5.55. The number of carbonyl (C=O) groups is 1. The molecule has 0 aromatic carbocycles. The number of carbonyl (C=O) groups excluding carboxylic acids is 1. The summed E-state index contributed by atoms with van der Waals surface area (Å²) in [6, 6.07) is 0. The van der Waals surface area contributed by atoms with E-state index in [1.54, 1.807) is 13.0 Å². The van der Waals surface area contributed by atoms with Crippen LogP contribution in [-0.4, -0.2) is 24.6 Å². The third-order valence-corrected chi connectivity index (χ3v) is 4.80. The highest BCUT2D eigenvalue weighted by molar-refractivity contribution is 5.98. The maximum absolute atomic E-state index is 11.3. The van der Waals surface area contributed by atoms with Crippen LogP contribution in [-0.2, 0) is 4.79 Å². The Morgan fingerprint density at radius 2 is 1.85 bits per heavy atom. The molecule has 0 bridgehead atoms. The molecule has 0 aromatic heterocycles. The van der Waals surface area contributed by atoms with Gasteiger partial charge in [-0.2, -0.15) is 0 Å². The lowest BCUT2D eigenvalue weighted by Crippen LogP contribution is -2.25. The van der Waals surface area contributed by atoms with Gasteiger partial charge in [-0.25, -0.2) is 0 Å². The van der Waals surface area contributed by atoms with Gasteiger partial charge in [0.15, 0.2) is 5.78 Å². The first kappa shape index (κ1) is 27.5. The normalized spacial score (nSPS) is 15.3. The molecule has 1 aliphatic heterocycles. The number of ketones is 1. The van der Waals surface area contributed by atoms with E-state index in [2.05, 4.69) is 33.0 Å². The van der Waals surface area contributed by atoms with Crippen molar-refractivity contribution >= 4 is 11.5 Å². The predicted molar refractivity (Wildman–Crippen MR) is 120 cm³/mol. The molecule has 4 nitrogen and oxygen atoms in total. The molecule has 1 rings (SSSR count). The molecule has 0 saturated carbocycles. The van der Waals surface area contributed by atoms with Crippen molar-refractivity contribution in [3.05, 3.63) is 34.6 Å². The molecule has 0 unspecified atom stereocenters. The van der Waals surface area contributed by atoms with Gasteiger partial charge >= 0.3 is 0 Å². The van der Waals surface area contributed by atoms with Crippen molar-refractivity contribution in [1.29, 1.82) is 5.41 Å². The molecular weight excluding hydrogens is 334 g/mol. The smallest absolute Gasteiger partial charge is 0.159 e. The topological polar surface area (TPSA) is 79.0 Å². The Morgan fingerprint density at radius 3 is 2.22 bits per heavy atom. The fourth-order valence-electron chi connectivity index (χ4n) is 2.44. The quantitative estimate of drug-likeness (QED) is 0.419. The summed E-state index contributed by atoms with van der Waals surface area (Å²) in [5.41, 5.74) is 10.5. The second-order valence-corrected chi connectivity index (χ2v) is 7.17. The van der Waals surface area contributed by atoms with Gasteiger partial charge in [-0.1, -0.05) is 53.2 Å². The van der Waals surface area contributed by atoms with Crippen molar-refractivity contribution in [3.63, 3.8) is 0 Å². The van der Waals surface area contributed by atoms with Gasteiger partial charge in [0.2, 0.25) is 0 Å². The minimum atomic E-state index is -0.0419. The SMILES string of the molecule is C/C=C(/C(C)=O)C1=C(C)CNCC1.CC.CC/C(N)=C/C(=N)C(C)(C)CC. The number of allylic oxidation sites excluding steroid dienone is 4. The van der Waals surface area contributed by atoms with E-state index in [9.17, 15) is 4.79 Å². The molecule has 0 atom stereocenters. The molecule has 0 fully saturated rings. The molecule has 0 spiro atoms. The average molecular weight is 378 g/mol. The third-order valence-electron chi connectivity index (χ3n) is 4.80. The second kappa shape index (κ2) is 14.4. The van der Waals surface area contributed by atoms with Crippen LogP contribution in [0.25, 0.3) is 0 Å². The summed E-state index contributed by atoms with van der Waals surface area (Å²) in [7, 11) is 0. The summed E-state index contributed by atoms with van der Waals surface area (Å²) in [5, 5.41) is 11.1. The van der Waals surface area contributed by atoms with Crippen molar-refractivity contribution in [1.82, 2.24) is 5.32 Å². The van der Waals surface area contributed by atoms with E-state index in [-0.39, 0.29) is 11.2 Å². The highest BCUT2D eigenvalue weighted by Gasteiger charge is 2.19. The minimum Gasteiger partial charge on any atom is -0.402 e. The average Bonchev–Trinajstić information content (AvgIpc) is 2.65. The highest BCUT2D eigenvalue weighted by atomic mass is 16.1. The molecular formula is C23H43N3O. The number of rotatable bonds is 6. The van der Waals surface area contributed by atoms with Crippen molar-refractivity contribution in [2.24, 2.45) is 11.1 Å². The van der Waals surface area contributed by atoms with Crippen LogP contribution in [0.3, 0.4) is 0 Å². The molecule has 4 N–H and O–H groups in total. The van der Waals surface area contributed by atoms with Gasteiger partial charge in [0.25, 0.3) is 0 Å². The number of nitrogens with two attached hydrogens (primary N) is 1. The van der Waals surface area contributed by atoms with Gasteiger partial charge in [-0.05, 0) is 58.2 Å². The number of Topliss-reactive ketones (excluding diaryl/α,β-unsaturated/α-hetero) is 1. The lowest BCUT2D eigenvalue weighted by Gasteiger charge is -2.21. The van der Waals surface area contributed by atoms with Crippen LogP contribution in [0.5, 0.6) is 0 Å². The summed E-state index contributed by atoms with van der Waals surface area (Å²) in [6.45, 7) is 19.8. The maximum Gasteiger partial charge on any atom is 0.159 e. The van der Waals surface area contributed by atoms with Crippen LogP contribution >= 0.6 is 0 Å². The van der Waals surface area contributed by atoms with Gasteiger partial charge in [0.1, 0.15) is 0 Å². The van der Waals surface area contributed by atoms with Crippen molar-refractivity contribution < 1.29 is 4.79 Å². The largest absolute Gasteiger partial charge is 0.402 e. The first-order chi connectivity index (χ1) is 12.6. The zero-order valence-corrected chi connectivity index (χ0v) is 19.2. The standard InChI is InChI=1S/C11H17NO.C10H20N2.C2H6/c1-4-10(9(3)13)11-5-6-12-7-8(11)2;1-5-8(11)7-9(12)10(3,4)6-2;1-2/h4,12H,5-7H2,1-3H3;7,12H,5-6,11H2,1-4H3;1-2H3/b10-4-;8-7-,12-9?;. The Morgan fingerprint density at radius 1 is 1.30 bits per heavy atom. The first-order valence-electron chi connectivity index (χ1n) is 10.2. The summed E-state index contributed by atoms with van der Waals surface area (Å²) in [5.74, 6) is 0.179. The Bertz CT molecular complexity index is 566. The van der Waals surface area contributed by atoms with Crippen LogP contribution in [0.2, 0.25) is 0 Å².